The van der Waals surface area contributed by atoms with Gasteiger partial charge in [0, 0.05) is 30.1 Å². The van der Waals surface area contributed by atoms with Gasteiger partial charge in [0.1, 0.15) is 5.82 Å². The van der Waals surface area contributed by atoms with Crippen LogP contribution in [0.25, 0.3) is 22.2 Å². The van der Waals surface area contributed by atoms with Crippen molar-refractivity contribution in [2.45, 2.75) is 19.9 Å². The minimum Gasteiger partial charge on any atom is -0.367 e. The number of benzene rings is 1. The molecule has 1 aliphatic heterocycles. The topological polar surface area (TPSA) is 105 Å². The van der Waals surface area contributed by atoms with Gasteiger partial charge in [-0.15, -0.1) is 10.2 Å². The SMILES string of the molecule is CC(C)Nc1cncc(-c2ccc3nnc(NC(=O)C4CNC4)cc3c2)n1. The zero-order chi connectivity index (χ0) is 18.8. The van der Waals surface area contributed by atoms with Gasteiger partial charge in [-0.2, -0.15) is 0 Å². The zero-order valence-corrected chi connectivity index (χ0v) is 15.2. The van der Waals surface area contributed by atoms with Crippen LogP contribution in [0.3, 0.4) is 0 Å². The maximum Gasteiger partial charge on any atom is 0.231 e. The minimum absolute atomic E-state index is 0.000280. The van der Waals surface area contributed by atoms with Crippen LogP contribution in [0, 0.1) is 5.92 Å². The summed E-state index contributed by atoms with van der Waals surface area (Å²) in [6.45, 7) is 5.52. The lowest BCUT2D eigenvalue weighted by molar-refractivity contribution is -0.121. The van der Waals surface area contributed by atoms with E-state index < -0.39 is 0 Å². The van der Waals surface area contributed by atoms with Gasteiger partial charge < -0.3 is 16.0 Å². The molecule has 27 heavy (non-hydrogen) atoms. The van der Waals surface area contributed by atoms with Gasteiger partial charge in [-0.05, 0) is 32.0 Å². The molecule has 138 valence electrons. The third-order valence-corrected chi connectivity index (χ3v) is 4.36. The molecule has 0 radical (unpaired) electrons. The van der Waals surface area contributed by atoms with E-state index in [-0.39, 0.29) is 17.9 Å². The van der Waals surface area contributed by atoms with Crippen LogP contribution in [0.5, 0.6) is 0 Å². The van der Waals surface area contributed by atoms with Gasteiger partial charge in [-0.25, -0.2) is 4.98 Å². The number of carbonyl (C=O) groups is 1. The van der Waals surface area contributed by atoms with Crippen molar-refractivity contribution in [3.63, 3.8) is 0 Å². The monoisotopic (exact) mass is 363 g/mol. The van der Waals surface area contributed by atoms with E-state index >= 15 is 0 Å². The van der Waals surface area contributed by atoms with Crippen molar-refractivity contribution in [3.05, 3.63) is 36.7 Å². The van der Waals surface area contributed by atoms with E-state index in [1.807, 2.05) is 24.3 Å². The van der Waals surface area contributed by atoms with Gasteiger partial charge in [0.25, 0.3) is 0 Å². The number of anilines is 2. The molecular formula is C19H21N7O. The van der Waals surface area contributed by atoms with E-state index in [1.165, 1.54) is 0 Å². The summed E-state index contributed by atoms with van der Waals surface area (Å²) in [6.07, 6.45) is 3.44. The minimum atomic E-state index is -0.0307. The molecule has 0 saturated carbocycles. The van der Waals surface area contributed by atoms with Gasteiger partial charge >= 0.3 is 0 Å². The number of fused-ring (bicyclic) bond motifs is 1. The molecule has 2 aromatic heterocycles. The van der Waals surface area contributed by atoms with E-state index in [0.717, 1.165) is 28.0 Å². The molecule has 0 bridgehead atoms. The molecular weight excluding hydrogens is 342 g/mol. The molecule has 0 atom stereocenters. The normalized spacial score (nSPS) is 14.2. The van der Waals surface area contributed by atoms with Crippen LogP contribution in [0.15, 0.2) is 36.7 Å². The third-order valence-electron chi connectivity index (χ3n) is 4.36. The molecule has 1 aliphatic rings. The highest BCUT2D eigenvalue weighted by Gasteiger charge is 2.25. The zero-order valence-electron chi connectivity index (χ0n) is 15.2. The van der Waals surface area contributed by atoms with Gasteiger partial charge in [-0.1, -0.05) is 6.07 Å². The standard InChI is InChI=1S/C19H21N7O/c1-11(2)22-18-10-21-9-16(23-18)12-3-4-15-13(5-12)6-17(26-25-15)24-19(27)14-7-20-8-14/h3-6,9-11,14,20H,7-8H2,1-2H3,(H,22,23)(H,24,26,27). The Balaban J connectivity index is 1.61. The number of carbonyl (C=O) groups excluding carboxylic acids is 1. The van der Waals surface area contributed by atoms with Gasteiger partial charge in [0.2, 0.25) is 5.91 Å². The maximum atomic E-state index is 12.1. The molecule has 1 fully saturated rings. The van der Waals surface area contributed by atoms with Crippen molar-refractivity contribution in [3.8, 4) is 11.3 Å². The molecule has 1 aromatic carbocycles. The molecule has 8 heteroatoms. The van der Waals surface area contributed by atoms with Crippen LogP contribution in [-0.2, 0) is 4.79 Å². The molecule has 3 aromatic rings. The fraction of sp³-hybridized carbons (Fsp3) is 0.316. The van der Waals surface area contributed by atoms with Crippen LogP contribution in [0.4, 0.5) is 11.6 Å². The summed E-state index contributed by atoms with van der Waals surface area (Å²) in [6, 6.07) is 7.92. The van der Waals surface area contributed by atoms with Crippen molar-refractivity contribution in [1.82, 2.24) is 25.5 Å². The second kappa shape index (κ2) is 7.24. The highest BCUT2D eigenvalue weighted by Crippen LogP contribution is 2.24. The first-order valence-corrected chi connectivity index (χ1v) is 8.96. The fourth-order valence-electron chi connectivity index (χ4n) is 2.84. The molecule has 0 spiro atoms. The quantitative estimate of drug-likeness (QED) is 0.637. The van der Waals surface area contributed by atoms with E-state index in [1.54, 1.807) is 12.4 Å². The average molecular weight is 363 g/mol. The van der Waals surface area contributed by atoms with E-state index in [4.69, 9.17) is 0 Å². The second-order valence-electron chi connectivity index (χ2n) is 6.94. The largest absolute Gasteiger partial charge is 0.367 e. The van der Waals surface area contributed by atoms with Crippen LogP contribution in [-0.4, -0.2) is 45.2 Å². The predicted molar refractivity (Wildman–Crippen MR) is 104 cm³/mol. The molecule has 1 saturated heterocycles. The first kappa shape index (κ1) is 17.3. The predicted octanol–water partition coefficient (Wildman–Crippen LogP) is 2.06. The van der Waals surface area contributed by atoms with Crippen molar-refractivity contribution >= 4 is 28.4 Å². The Labute approximate surface area is 156 Å². The van der Waals surface area contributed by atoms with Gasteiger partial charge in [0.05, 0.1) is 29.5 Å². The van der Waals surface area contributed by atoms with E-state index in [2.05, 4.69) is 50.0 Å². The molecule has 3 N–H and O–H groups in total. The molecule has 3 heterocycles. The first-order valence-electron chi connectivity index (χ1n) is 8.96. The summed E-state index contributed by atoms with van der Waals surface area (Å²) in [5.41, 5.74) is 2.45. The summed E-state index contributed by atoms with van der Waals surface area (Å²) in [7, 11) is 0. The van der Waals surface area contributed by atoms with Crippen LogP contribution < -0.4 is 16.0 Å². The Kier molecular flexibility index (Phi) is 4.64. The Hall–Kier alpha value is -3.13. The number of hydrogen-bond acceptors (Lipinski definition) is 7. The highest BCUT2D eigenvalue weighted by atomic mass is 16.2. The van der Waals surface area contributed by atoms with Crippen LogP contribution in [0.2, 0.25) is 0 Å². The number of amides is 1. The highest BCUT2D eigenvalue weighted by molar-refractivity contribution is 5.94. The fourth-order valence-corrected chi connectivity index (χ4v) is 2.84. The maximum absolute atomic E-state index is 12.1. The first-order chi connectivity index (χ1) is 13.1. The van der Waals surface area contributed by atoms with Gasteiger partial charge in [-0.3, -0.25) is 9.78 Å². The van der Waals surface area contributed by atoms with E-state index in [9.17, 15) is 4.79 Å². The summed E-state index contributed by atoms with van der Waals surface area (Å²) < 4.78 is 0. The van der Waals surface area contributed by atoms with Crippen molar-refractivity contribution in [1.29, 1.82) is 0 Å². The van der Waals surface area contributed by atoms with Crippen molar-refractivity contribution in [2.24, 2.45) is 5.92 Å². The summed E-state index contributed by atoms with van der Waals surface area (Å²) in [5.74, 6) is 1.16. The van der Waals surface area contributed by atoms with Crippen molar-refractivity contribution in [2.75, 3.05) is 23.7 Å². The summed E-state index contributed by atoms with van der Waals surface area (Å²) in [5, 5.41) is 18.4. The Morgan fingerprint density at radius 1 is 1.15 bits per heavy atom. The lowest BCUT2D eigenvalue weighted by atomic mass is 10.0. The number of aromatic nitrogens is 4. The lowest BCUT2D eigenvalue weighted by Crippen LogP contribution is -2.48. The number of nitrogens with zero attached hydrogens (tertiary/aromatic N) is 4. The molecule has 0 unspecified atom stereocenters. The van der Waals surface area contributed by atoms with Crippen LogP contribution in [0.1, 0.15) is 13.8 Å². The summed E-state index contributed by atoms with van der Waals surface area (Å²) in [4.78, 5) is 21.0. The Bertz CT molecular complexity index is 985. The Morgan fingerprint density at radius 3 is 2.74 bits per heavy atom. The molecule has 8 nitrogen and oxygen atoms in total. The van der Waals surface area contributed by atoms with E-state index in [0.29, 0.717) is 18.9 Å². The van der Waals surface area contributed by atoms with Crippen LogP contribution >= 0.6 is 0 Å². The number of rotatable bonds is 5. The average Bonchev–Trinajstić information content (AvgIpc) is 2.59. The van der Waals surface area contributed by atoms with Gasteiger partial charge in [0.15, 0.2) is 5.82 Å². The second-order valence-corrected chi connectivity index (χ2v) is 6.94. The third kappa shape index (κ3) is 3.85. The number of hydrogen-bond donors (Lipinski definition) is 3. The lowest BCUT2D eigenvalue weighted by Gasteiger charge is -2.25. The molecule has 4 rings (SSSR count). The number of nitrogens with one attached hydrogen (secondary N) is 3. The Morgan fingerprint density at radius 2 is 2.00 bits per heavy atom. The molecule has 0 aliphatic carbocycles. The summed E-state index contributed by atoms with van der Waals surface area (Å²) >= 11 is 0. The smallest absolute Gasteiger partial charge is 0.231 e. The molecule has 1 amide bonds. The van der Waals surface area contributed by atoms with Crippen molar-refractivity contribution < 1.29 is 4.79 Å².